The van der Waals surface area contributed by atoms with Crippen LogP contribution in [-0.4, -0.2) is 30.9 Å². The Morgan fingerprint density at radius 2 is 1.40 bits per heavy atom. The zero-order valence-corrected chi connectivity index (χ0v) is 9.03. The van der Waals surface area contributed by atoms with Crippen molar-refractivity contribution in [2.75, 3.05) is 13.2 Å². The molecule has 84 valence electrons. The fourth-order valence-electron chi connectivity index (χ4n) is 0.822. The zero-order valence-electron chi connectivity index (χ0n) is 9.03. The lowest BCUT2D eigenvalue weighted by molar-refractivity contribution is -0.146. The lowest BCUT2D eigenvalue weighted by Crippen LogP contribution is -2.19. The number of carbonyl (C=O) groups excluding carboxylic acids is 3. The molecule has 0 aliphatic rings. The Bertz CT molecular complexity index is 270. The van der Waals surface area contributed by atoms with E-state index in [1.54, 1.807) is 13.8 Å². The van der Waals surface area contributed by atoms with Gasteiger partial charge in [0.05, 0.1) is 13.2 Å². The maximum absolute atomic E-state index is 11.3. The molecule has 0 bridgehead atoms. The molecule has 0 spiro atoms. The van der Waals surface area contributed by atoms with Crippen LogP contribution in [0.25, 0.3) is 0 Å². The zero-order chi connectivity index (χ0) is 11.8. The van der Waals surface area contributed by atoms with Crippen molar-refractivity contribution in [1.82, 2.24) is 0 Å². The quantitative estimate of drug-likeness (QED) is 0.290. The molecule has 0 radical (unpaired) electrons. The van der Waals surface area contributed by atoms with Gasteiger partial charge in [0.1, 0.15) is 5.57 Å². The SMILES string of the molecule is CCOC(=O)C(=CC(C)=O)C(=O)OCC. The second-order valence-electron chi connectivity index (χ2n) is 2.61. The van der Waals surface area contributed by atoms with Gasteiger partial charge in [-0.15, -0.1) is 0 Å². The van der Waals surface area contributed by atoms with Gasteiger partial charge in [-0.3, -0.25) is 4.79 Å². The Kier molecular flexibility index (Phi) is 6.01. The van der Waals surface area contributed by atoms with Gasteiger partial charge in [0.25, 0.3) is 0 Å². The molecule has 0 saturated carbocycles. The van der Waals surface area contributed by atoms with E-state index >= 15 is 0 Å². The van der Waals surface area contributed by atoms with Crippen molar-refractivity contribution < 1.29 is 23.9 Å². The average Bonchev–Trinajstić information content (AvgIpc) is 2.14. The molecule has 5 heteroatoms. The van der Waals surface area contributed by atoms with E-state index in [0.29, 0.717) is 0 Å². The van der Waals surface area contributed by atoms with Crippen LogP contribution in [-0.2, 0) is 23.9 Å². The number of allylic oxidation sites excluding steroid dienone is 1. The monoisotopic (exact) mass is 214 g/mol. The van der Waals surface area contributed by atoms with Crippen molar-refractivity contribution in [3.8, 4) is 0 Å². The van der Waals surface area contributed by atoms with Crippen molar-refractivity contribution in [1.29, 1.82) is 0 Å². The minimum absolute atomic E-state index is 0.132. The van der Waals surface area contributed by atoms with Crippen LogP contribution in [0.15, 0.2) is 11.6 Å². The first-order valence-corrected chi connectivity index (χ1v) is 4.59. The predicted molar refractivity (Wildman–Crippen MR) is 52.0 cm³/mol. The van der Waals surface area contributed by atoms with Crippen LogP contribution < -0.4 is 0 Å². The van der Waals surface area contributed by atoms with E-state index < -0.39 is 17.7 Å². The van der Waals surface area contributed by atoms with Crippen LogP contribution in [0.3, 0.4) is 0 Å². The van der Waals surface area contributed by atoms with Crippen LogP contribution >= 0.6 is 0 Å². The molecule has 15 heavy (non-hydrogen) atoms. The molecule has 0 aliphatic carbocycles. The summed E-state index contributed by atoms with van der Waals surface area (Å²) >= 11 is 0. The summed E-state index contributed by atoms with van der Waals surface area (Å²) in [6, 6.07) is 0. The van der Waals surface area contributed by atoms with E-state index in [4.69, 9.17) is 0 Å². The van der Waals surface area contributed by atoms with Crippen molar-refractivity contribution >= 4 is 17.7 Å². The number of esters is 2. The second-order valence-corrected chi connectivity index (χ2v) is 2.61. The highest BCUT2D eigenvalue weighted by atomic mass is 16.6. The highest BCUT2D eigenvalue weighted by molar-refractivity contribution is 6.17. The summed E-state index contributed by atoms with van der Waals surface area (Å²) in [5, 5.41) is 0. The van der Waals surface area contributed by atoms with Gasteiger partial charge in [0.15, 0.2) is 5.78 Å². The highest BCUT2D eigenvalue weighted by Gasteiger charge is 2.21. The number of ketones is 1. The summed E-state index contributed by atoms with van der Waals surface area (Å²) in [6.45, 7) is 4.71. The Morgan fingerprint density at radius 3 is 1.67 bits per heavy atom. The molecule has 0 aromatic heterocycles. The summed E-state index contributed by atoms with van der Waals surface area (Å²) in [5.74, 6) is -2.09. The first-order chi connectivity index (χ1) is 7.02. The van der Waals surface area contributed by atoms with Gasteiger partial charge in [-0.25, -0.2) is 9.59 Å². The van der Waals surface area contributed by atoms with E-state index in [1.165, 1.54) is 6.92 Å². The first kappa shape index (κ1) is 13.4. The molecule has 0 rings (SSSR count). The molecular formula is C10H14O5. The normalized spacial score (nSPS) is 9.00. The topological polar surface area (TPSA) is 69.7 Å². The van der Waals surface area contributed by atoms with Gasteiger partial charge in [-0.1, -0.05) is 0 Å². The second kappa shape index (κ2) is 6.75. The van der Waals surface area contributed by atoms with Gasteiger partial charge < -0.3 is 9.47 Å². The third-order valence-corrected chi connectivity index (χ3v) is 1.34. The van der Waals surface area contributed by atoms with Gasteiger partial charge in [0.2, 0.25) is 0 Å². The molecule has 0 unspecified atom stereocenters. The molecule has 0 amide bonds. The summed E-state index contributed by atoms with van der Waals surface area (Å²) in [4.78, 5) is 33.3. The Balaban J connectivity index is 4.81. The maximum Gasteiger partial charge on any atom is 0.345 e. The van der Waals surface area contributed by atoms with E-state index in [2.05, 4.69) is 9.47 Å². The van der Waals surface area contributed by atoms with Gasteiger partial charge in [-0.05, 0) is 20.8 Å². The van der Waals surface area contributed by atoms with Gasteiger partial charge in [-0.2, -0.15) is 0 Å². The smallest absolute Gasteiger partial charge is 0.345 e. The Hall–Kier alpha value is -1.65. The largest absolute Gasteiger partial charge is 0.462 e. The van der Waals surface area contributed by atoms with Crippen LogP contribution in [0.1, 0.15) is 20.8 Å². The number of hydrogen-bond acceptors (Lipinski definition) is 5. The number of rotatable bonds is 5. The maximum atomic E-state index is 11.3. The molecule has 0 aromatic rings. The number of hydrogen-bond donors (Lipinski definition) is 0. The van der Waals surface area contributed by atoms with Crippen molar-refractivity contribution in [2.24, 2.45) is 0 Å². The summed E-state index contributed by atoms with van der Waals surface area (Å²) in [6.07, 6.45) is 0.913. The van der Waals surface area contributed by atoms with Crippen LogP contribution in [0.2, 0.25) is 0 Å². The minimum atomic E-state index is -0.842. The molecule has 0 saturated heterocycles. The van der Waals surface area contributed by atoms with Crippen molar-refractivity contribution in [3.63, 3.8) is 0 Å². The first-order valence-electron chi connectivity index (χ1n) is 4.59. The molecule has 5 nitrogen and oxygen atoms in total. The average molecular weight is 214 g/mol. The molecule has 0 aromatic carbocycles. The van der Waals surface area contributed by atoms with Crippen molar-refractivity contribution in [2.45, 2.75) is 20.8 Å². The standard InChI is InChI=1S/C10H14O5/c1-4-14-9(12)8(6-7(3)11)10(13)15-5-2/h6H,4-5H2,1-3H3. The lowest BCUT2D eigenvalue weighted by atomic mass is 10.2. The third-order valence-electron chi connectivity index (χ3n) is 1.34. The van der Waals surface area contributed by atoms with E-state index in [1.807, 2.05) is 0 Å². The van der Waals surface area contributed by atoms with E-state index in [0.717, 1.165) is 6.08 Å². The molecule has 0 fully saturated rings. The van der Waals surface area contributed by atoms with Crippen LogP contribution in [0.4, 0.5) is 0 Å². The summed E-state index contributed by atoms with van der Waals surface area (Å²) in [5.41, 5.74) is -0.369. The number of ether oxygens (including phenoxy) is 2. The minimum Gasteiger partial charge on any atom is -0.462 e. The highest BCUT2D eigenvalue weighted by Crippen LogP contribution is 2.02. The van der Waals surface area contributed by atoms with Gasteiger partial charge in [0, 0.05) is 6.08 Å². The van der Waals surface area contributed by atoms with E-state index in [9.17, 15) is 14.4 Å². The Morgan fingerprint density at radius 1 is 1.00 bits per heavy atom. The third kappa shape index (κ3) is 4.95. The summed E-state index contributed by atoms with van der Waals surface area (Å²) in [7, 11) is 0. The van der Waals surface area contributed by atoms with Crippen molar-refractivity contribution in [3.05, 3.63) is 11.6 Å². The predicted octanol–water partition coefficient (Wildman–Crippen LogP) is 0.628. The lowest BCUT2D eigenvalue weighted by Gasteiger charge is -2.05. The molecule has 0 heterocycles. The Labute approximate surface area is 88.0 Å². The molecule has 0 aliphatic heterocycles. The molecular weight excluding hydrogens is 200 g/mol. The van der Waals surface area contributed by atoms with E-state index in [-0.39, 0.29) is 18.8 Å². The van der Waals surface area contributed by atoms with Crippen LogP contribution in [0.5, 0.6) is 0 Å². The molecule has 0 atom stereocenters. The van der Waals surface area contributed by atoms with Gasteiger partial charge >= 0.3 is 11.9 Å². The van der Waals surface area contributed by atoms with Crippen LogP contribution in [0, 0.1) is 0 Å². The fourth-order valence-corrected chi connectivity index (χ4v) is 0.822. The summed E-state index contributed by atoms with van der Waals surface area (Å²) < 4.78 is 9.22. The molecule has 0 N–H and O–H groups in total. The number of carbonyl (C=O) groups is 3. The fraction of sp³-hybridized carbons (Fsp3) is 0.500.